The predicted molar refractivity (Wildman–Crippen MR) is 137 cm³/mol. The van der Waals surface area contributed by atoms with Crippen molar-refractivity contribution >= 4 is 34.4 Å². The van der Waals surface area contributed by atoms with E-state index in [1.165, 1.54) is 6.07 Å². The van der Waals surface area contributed by atoms with Crippen molar-refractivity contribution < 1.29 is 24.6 Å². The van der Waals surface area contributed by atoms with E-state index in [1.54, 1.807) is 42.6 Å². The van der Waals surface area contributed by atoms with Crippen LogP contribution in [0, 0.1) is 18.8 Å². The number of carbonyl (C=O) groups is 3. The third-order valence-electron chi connectivity index (χ3n) is 7.71. The lowest BCUT2D eigenvalue weighted by molar-refractivity contribution is -0.148. The third-order valence-corrected chi connectivity index (χ3v) is 7.71. The zero-order chi connectivity index (χ0) is 25.9. The van der Waals surface area contributed by atoms with Gasteiger partial charge in [-0.05, 0) is 42.3 Å². The second-order valence-corrected chi connectivity index (χ2v) is 9.85. The molecular formula is C29H25N3O5. The van der Waals surface area contributed by atoms with Crippen LogP contribution < -0.4 is 10.2 Å². The minimum absolute atomic E-state index is 0.0295. The fourth-order valence-corrected chi connectivity index (χ4v) is 6.06. The van der Waals surface area contributed by atoms with E-state index in [0.717, 1.165) is 26.9 Å². The maximum absolute atomic E-state index is 14.0. The molecule has 2 fully saturated rings. The van der Waals surface area contributed by atoms with E-state index >= 15 is 0 Å². The number of H-pyrrole nitrogens is 1. The molecule has 0 saturated carbocycles. The molecule has 37 heavy (non-hydrogen) atoms. The molecule has 186 valence electrons. The van der Waals surface area contributed by atoms with Crippen molar-refractivity contribution in [3.8, 4) is 5.75 Å². The number of rotatable bonds is 5. The summed E-state index contributed by atoms with van der Waals surface area (Å²) in [5, 5.41) is 25.4. The Bertz CT molecular complexity index is 1580. The van der Waals surface area contributed by atoms with Gasteiger partial charge in [-0.2, -0.15) is 0 Å². The van der Waals surface area contributed by atoms with E-state index in [-0.39, 0.29) is 12.2 Å². The van der Waals surface area contributed by atoms with E-state index in [0.29, 0.717) is 11.3 Å². The van der Waals surface area contributed by atoms with Gasteiger partial charge in [-0.1, -0.05) is 48.5 Å². The van der Waals surface area contributed by atoms with Gasteiger partial charge in [0, 0.05) is 35.1 Å². The summed E-state index contributed by atoms with van der Waals surface area (Å²) in [6, 6.07) is 20.2. The largest absolute Gasteiger partial charge is 0.508 e. The molecule has 0 spiro atoms. The van der Waals surface area contributed by atoms with Crippen molar-refractivity contribution in [3.05, 3.63) is 95.7 Å². The highest BCUT2D eigenvalue weighted by molar-refractivity contribution is 6.24. The van der Waals surface area contributed by atoms with E-state index in [2.05, 4.69) is 10.3 Å². The van der Waals surface area contributed by atoms with Gasteiger partial charge in [0.05, 0.1) is 17.5 Å². The van der Waals surface area contributed by atoms with Crippen molar-refractivity contribution in [2.45, 2.75) is 24.9 Å². The standard InChI is InChI=1S/C29H25N3O5/c1-16-7-6-8-18(13-16)32-26(34)23-24(27(32)35)29(28(36)37,31-25(23)20-10-3-5-12-22(20)33)14-17-15-30-21-11-4-2-9-19(17)21/h2-13,15,23-25,30-31,33H,14H2,1H3,(H,36,37)/t23-,24+,25-,29-/m1/s1. The number of carboxylic acids is 1. The van der Waals surface area contributed by atoms with Gasteiger partial charge < -0.3 is 15.2 Å². The number of carboxylic acid groups (broad SMARTS) is 1. The van der Waals surface area contributed by atoms with Crippen LogP contribution >= 0.6 is 0 Å². The smallest absolute Gasteiger partial charge is 0.325 e. The van der Waals surface area contributed by atoms with Crippen LogP contribution in [0.5, 0.6) is 5.75 Å². The summed E-state index contributed by atoms with van der Waals surface area (Å²) in [5.41, 5.74) is 1.44. The van der Waals surface area contributed by atoms with Crippen LogP contribution in [0.2, 0.25) is 0 Å². The average molecular weight is 496 g/mol. The number of imide groups is 1. The van der Waals surface area contributed by atoms with Crippen molar-refractivity contribution in [2.75, 3.05) is 4.90 Å². The van der Waals surface area contributed by atoms with Gasteiger partial charge in [0.2, 0.25) is 11.8 Å². The van der Waals surface area contributed by atoms with E-state index < -0.39 is 41.2 Å². The zero-order valence-corrected chi connectivity index (χ0v) is 20.0. The molecular weight excluding hydrogens is 470 g/mol. The summed E-state index contributed by atoms with van der Waals surface area (Å²) < 4.78 is 0. The minimum atomic E-state index is -1.78. The number of phenols is 1. The SMILES string of the molecule is Cc1cccc(N2C(=O)[C@H]3[C@@H](c4ccccc4O)N[C@@](Cc4c[nH]c5ccccc45)(C(=O)O)[C@@H]3C2=O)c1. The normalized spacial score (nSPS) is 25.1. The van der Waals surface area contributed by atoms with Gasteiger partial charge in [0.15, 0.2) is 0 Å². The molecule has 0 aliphatic carbocycles. The van der Waals surface area contributed by atoms with Crippen LogP contribution in [0.1, 0.15) is 22.7 Å². The quantitative estimate of drug-likeness (QED) is 0.313. The summed E-state index contributed by atoms with van der Waals surface area (Å²) in [6.45, 7) is 1.86. The molecule has 6 rings (SSSR count). The van der Waals surface area contributed by atoms with Crippen LogP contribution in [0.3, 0.4) is 0 Å². The Hall–Kier alpha value is -4.43. The molecule has 4 aromatic rings. The number of aromatic hydroxyl groups is 1. The number of hydrogen-bond acceptors (Lipinski definition) is 5. The first-order valence-corrected chi connectivity index (χ1v) is 12.1. The van der Waals surface area contributed by atoms with Gasteiger partial charge in [-0.3, -0.25) is 19.7 Å². The topological polar surface area (TPSA) is 123 Å². The van der Waals surface area contributed by atoms with Crippen LogP contribution in [0.25, 0.3) is 10.9 Å². The lowest BCUT2D eigenvalue weighted by Gasteiger charge is -2.31. The summed E-state index contributed by atoms with van der Waals surface area (Å²) in [5.74, 6) is -4.53. The number of aromatic nitrogens is 1. The molecule has 4 atom stereocenters. The van der Waals surface area contributed by atoms with Crippen LogP contribution in [-0.4, -0.2) is 38.5 Å². The van der Waals surface area contributed by atoms with Gasteiger partial charge in [-0.15, -0.1) is 0 Å². The summed E-state index contributed by atoms with van der Waals surface area (Å²) in [7, 11) is 0. The van der Waals surface area contributed by atoms with Crippen LogP contribution in [-0.2, 0) is 20.8 Å². The first-order chi connectivity index (χ1) is 17.8. The molecule has 0 radical (unpaired) electrons. The number of para-hydroxylation sites is 2. The molecule has 8 nitrogen and oxygen atoms in total. The first kappa shape index (κ1) is 23.0. The lowest BCUT2D eigenvalue weighted by Crippen LogP contribution is -2.57. The Balaban J connectivity index is 1.53. The summed E-state index contributed by atoms with van der Waals surface area (Å²) in [6.07, 6.45) is 1.72. The van der Waals surface area contributed by atoms with E-state index in [4.69, 9.17) is 0 Å². The molecule has 4 N–H and O–H groups in total. The van der Waals surface area contributed by atoms with Gasteiger partial charge in [-0.25, -0.2) is 4.90 Å². The molecule has 2 amide bonds. The number of aliphatic carboxylic acids is 1. The Morgan fingerprint density at radius 2 is 1.76 bits per heavy atom. The van der Waals surface area contributed by atoms with Crippen molar-refractivity contribution in [1.29, 1.82) is 0 Å². The molecule has 8 heteroatoms. The Labute approximate surface area is 212 Å². The molecule has 2 aliphatic heterocycles. The van der Waals surface area contributed by atoms with Crippen molar-refractivity contribution in [3.63, 3.8) is 0 Å². The number of aromatic amines is 1. The molecule has 2 saturated heterocycles. The maximum Gasteiger partial charge on any atom is 0.325 e. The first-order valence-electron chi connectivity index (χ1n) is 12.1. The highest BCUT2D eigenvalue weighted by Gasteiger charge is 2.69. The predicted octanol–water partition coefficient (Wildman–Crippen LogP) is 3.70. The number of carbonyl (C=O) groups excluding carboxylic acids is 2. The second-order valence-electron chi connectivity index (χ2n) is 9.85. The van der Waals surface area contributed by atoms with Crippen LogP contribution in [0.4, 0.5) is 5.69 Å². The maximum atomic E-state index is 14.0. The molecule has 1 aromatic heterocycles. The number of amides is 2. The number of nitrogens with zero attached hydrogens (tertiary/aromatic N) is 1. The van der Waals surface area contributed by atoms with Gasteiger partial charge >= 0.3 is 5.97 Å². The fraction of sp³-hybridized carbons (Fsp3) is 0.207. The van der Waals surface area contributed by atoms with Crippen molar-refractivity contribution in [2.24, 2.45) is 11.8 Å². The van der Waals surface area contributed by atoms with E-state index in [1.807, 2.05) is 37.3 Å². The number of phenolic OH excluding ortho intramolecular Hbond substituents is 1. The number of anilines is 1. The van der Waals surface area contributed by atoms with Gasteiger partial charge in [0.25, 0.3) is 0 Å². The molecule has 3 heterocycles. The second kappa shape index (κ2) is 8.31. The molecule has 0 unspecified atom stereocenters. The highest BCUT2D eigenvalue weighted by Crippen LogP contribution is 2.52. The highest BCUT2D eigenvalue weighted by atomic mass is 16.4. The Morgan fingerprint density at radius 1 is 1.00 bits per heavy atom. The van der Waals surface area contributed by atoms with Crippen LogP contribution in [0.15, 0.2) is 79.0 Å². The molecule has 0 bridgehead atoms. The van der Waals surface area contributed by atoms with Gasteiger partial charge in [0.1, 0.15) is 11.3 Å². The third kappa shape index (κ3) is 3.37. The number of aryl methyl sites for hydroxylation is 1. The fourth-order valence-electron chi connectivity index (χ4n) is 6.06. The summed E-state index contributed by atoms with van der Waals surface area (Å²) in [4.78, 5) is 45.3. The van der Waals surface area contributed by atoms with E-state index in [9.17, 15) is 24.6 Å². The molecule has 2 aliphatic rings. The van der Waals surface area contributed by atoms with Crippen molar-refractivity contribution in [1.82, 2.24) is 10.3 Å². The average Bonchev–Trinajstić information content (AvgIpc) is 3.52. The number of benzene rings is 3. The zero-order valence-electron chi connectivity index (χ0n) is 20.0. The Kier molecular flexibility index (Phi) is 5.17. The number of fused-ring (bicyclic) bond motifs is 2. The Morgan fingerprint density at radius 3 is 2.51 bits per heavy atom. The lowest BCUT2D eigenvalue weighted by atomic mass is 9.76. The molecule has 3 aromatic carbocycles. The minimum Gasteiger partial charge on any atom is -0.508 e. The number of nitrogens with one attached hydrogen (secondary N) is 2. The summed E-state index contributed by atoms with van der Waals surface area (Å²) >= 11 is 0. The number of hydrogen-bond donors (Lipinski definition) is 4. The monoisotopic (exact) mass is 495 g/mol.